The molecule has 2 aromatic rings. The van der Waals surface area contributed by atoms with Crippen molar-refractivity contribution in [2.24, 2.45) is 5.41 Å². The van der Waals surface area contributed by atoms with Gasteiger partial charge in [0, 0.05) is 6.54 Å². The van der Waals surface area contributed by atoms with Gasteiger partial charge in [-0.05, 0) is 43.2 Å². The number of amides is 2. The zero-order chi connectivity index (χ0) is 24.2. The molecule has 176 valence electrons. The summed E-state index contributed by atoms with van der Waals surface area (Å²) in [6.45, 7) is 6.12. The molecule has 1 aromatic heterocycles. The summed E-state index contributed by atoms with van der Waals surface area (Å²) < 4.78 is 5.14. The summed E-state index contributed by atoms with van der Waals surface area (Å²) in [6.07, 6.45) is 0.824. The fourth-order valence-corrected chi connectivity index (χ4v) is 4.04. The number of nitrogens with zero attached hydrogens (tertiary/aromatic N) is 3. The zero-order valence-electron chi connectivity index (χ0n) is 19.1. The van der Waals surface area contributed by atoms with E-state index in [4.69, 9.17) is 4.42 Å². The van der Waals surface area contributed by atoms with Crippen LogP contribution < -0.4 is 16.4 Å². The van der Waals surface area contributed by atoms with Crippen LogP contribution in [0.3, 0.4) is 0 Å². The highest BCUT2D eigenvalue weighted by Gasteiger charge is 2.39. The highest BCUT2D eigenvalue weighted by Crippen LogP contribution is 2.27. The van der Waals surface area contributed by atoms with E-state index < -0.39 is 29.3 Å². The third kappa shape index (κ3) is 6.00. The number of aromatic nitrogens is 1. The van der Waals surface area contributed by atoms with Gasteiger partial charge in [0.25, 0.3) is 0 Å². The van der Waals surface area contributed by atoms with Crippen LogP contribution in [0.2, 0.25) is 0 Å². The van der Waals surface area contributed by atoms with E-state index in [1.807, 2.05) is 20.8 Å². The first-order valence-electron chi connectivity index (χ1n) is 10.9. The number of carboxylic acid groups (broad SMARTS) is 1. The molecule has 33 heavy (non-hydrogen) atoms. The summed E-state index contributed by atoms with van der Waals surface area (Å²) >= 11 is 0. The van der Waals surface area contributed by atoms with Crippen LogP contribution in [-0.2, 0) is 4.79 Å². The third-order valence-electron chi connectivity index (χ3n) is 5.58. The van der Waals surface area contributed by atoms with Crippen LogP contribution in [0.4, 0.5) is 10.6 Å². The normalized spacial score (nSPS) is 19.9. The number of likely N-dealkylation sites (tertiary alicyclic amines) is 1. The molecule has 1 fully saturated rings. The highest BCUT2D eigenvalue weighted by atomic mass is 16.4. The Balaban J connectivity index is 1.93. The molecule has 10 nitrogen and oxygen atoms in total. The van der Waals surface area contributed by atoms with Gasteiger partial charge < -0.3 is 25.1 Å². The first-order chi connectivity index (χ1) is 15.5. The van der Waals surface area contributed by atoms with Gasteiger partial charge in [0.15, 0.2) is 0 Å². The van der Waals surface area contributed by atoms with Gasteiger partial charge in [-0.15, -0.1) is 0 Å². The van der Waals surface area contributed by atoms with Crippen LogP contribution in [0.1, 0.15) is 46.5 Å². The number of nitrogens with one attached hydrogen (secondary N) is 2. The Morgan fingerprint density at radius 3 is 2.73 bits per heavy atom. The molecule has 0 radical (unpaired) electrons. The van der Waals surface area contributed by atoms with Crippen molar-refractivity contribution < 1.29 is 19.1 Å². The van der Waals surface area contributed by atoms with Crippen molar-refractivity contribution in [3.05, 3.63) is 34.8 Å². The molecule has 1 aliphatic rings. The van der Waals surface area contributed by atoms with Crippen molar-refractivity contribution in [2.45, 2.75) is 58.0 Å². The predicted octanol–water partition coefficient (Wildman–Crippen LogP) is 2.95. The Hall–Kier alpha value is -3.61. The number of carbonyl (C=O) groups excluding carboxylic acids is 1. The molecular weight excluding hydrogens is 426 g/mol. The maximum atomic E-state index is 13.4. The predicted molar refractivity (Wildman–Crippen MR) is 122 cm³/mol. The standard InChI is InChI=1S/C23H29N5O5/c1-22(2,3)12-16(25-18-15-8-4-5-9-17(15)33-20(30)26-18)19(29)27-23(13-24)10-6-7-11-28(14-23)21(31)32/h4-5,8-9,16H,6-7,10-12,14H2,1-3H3,(H,27,29)(H,31,32)(H,25,26,30). The molecule has 0 bridgehead atoms. The Morgan fingerprint density at radius 1 is 1.33 bits per heavy atom. The summed E-state index contributed by atoms with van der Waals surface area (Å²) in [5.74, 6) is -1.04. The van der Waals surface area contributed by atoms with Crippen molar-refractivity contribution in [1.82, 2.24) is 15.2 Å². The molecule has 2 amide bonds. The molecular formula is C23H29N5O5. The summed E-state index contributed by atoms with van der Waals surface area (Å²) in [4.78, 5) is 42.1. The van der Waals surface area contributed by atoms with E-state index in [1.165, 1.54) is 4.90 Å². The quantitative estimate of drug-likeness (QED) is 0.623. The topological polar surface area (TPSA) is 149 Å². The number of carbonyl (C=O) groups is 2. The fraction of sp³-hybridized carbons (Fsp3) is 0.522. The molecule has 1 aliphatic heterocycles. The van der Waals surface area contributed by atoms with Gasteiger partial charge in [-0.2, -0.15) is 10.2 Å². The molecule has 0 saturated carbocycles. The Kier molecular flexibility index (Phi) is 6.91. The van der Waals surface area contributed by atoms with E-state index in [1.54, 1.807) is 24.3 Å². The summed E-state index contributed by atoms with van der Waals surface area (Å²) in [5.41, 5.74) is -1.28. The van der Waals surface area contributed by atoms with Gasteiger partial charge in [0.05, 0.1) is 18.0 Å². The maximum absolute atomic E-state index is 13.4. The van der Waals surface area contributed by atoms with E-state index in [0.29, 0.717) is 43.2 Å². The fourth-order valence-electron chi connectivity index (χ4n) is 4.04. The lowest BCUT2D eigenvalue weighted by atomic mass is 9.86. The number of benzene rings is 1. The van der Waals surface area contributed by atoms with Crippen LogP contribution >= 0.6 is 0 Å². The molecule has 3 rings (SSSR count). The number of hydrogen-bond acceptors (Lipinski definition) is 7. The van der Waals surface area contributed by atoms with Gasteiger partial charge >= 0.3 is 11.8 Å². The lowest BCUT2D eigenvalue weighted by Gasteiger charge is -2.33. The Morgan fingerprint density at radius 2 is 2.06 bits per heavy atom. The van der Waals surface area contributed by atoms with Crippen molar-refractivity contribution in [3.8, 4) is 6.07 Å². The van der Waals surface area contributed by atoms with Gasteiger partial charge in [0.2, 0.25) is 5.91 Å². The first-order valence-corrected chi connectivity index (χ1v) is 10.9. The molecule has 3 N–H and O–H groups in total. The zero-order valence-corrected chi connectivity index (χ0v) is 19.1. The van der Waals surface area contributed by atoms with Crippen molar-refractivity contribution in [3.63, 3.8) is 0 Å². The molecule has 0 spiro atoms. The molecule has 1 aromatic carbocycles. The van der Waals surface area contributed by atoms with E-state index in [2.05, 4.69) is 21.7 Å². The molecule has 2 unspecified atom stereocenters. The largest absolute Gasteiger partial charge is 0.465 e. The number of rotatable bonds is 5. The second kappa shape index (κ2) is 9.48. The molecule has 10 heteroatoms. The van der Waals surface area contributed by atoms with Crippen LogP contribution in [0.15, 0.2) is 33.5 Å². The molecule has 1 saturated heterocycles. The molecule has 2 heterocycles. The van der Waals surface area contributed by atoms with Crippen LogP contribution in [-0.4, -0.2) is 51.7 Å². The minimum absolute atomic E-state index is 0.108. The van der Waals surface area contributed by atoms with Gasteiger partial charge in [0.1, 0.15) is 23.0 Å². The Bertz CT molecular complexity index is 1130. The number of hydrogen-bond donors (Lipinski definition) is 3. The van der Waals surface area contributed by atoms with E-state index in [9.17, 15) is 24.8 Å². The van der Waals surface area contributed by atoms with Crippen LogP contribution in [0.25, 0.3) is 11.0 Å². The SMILES string of the molecule is CC(C)(C)CC(Nc1nc(=O)oc2ccccc12)C(=O)NC1(C#N)CCCCN(C(=O)O)C1. The minimum Gasteiger partial charge on any atom is -0.465 e. The van der Waals surface area contributed by atoms with Crippen molar-refractivity contribution in [2.75, 3.05) is 18.4 Å². The average Bonchev–Trinajstić information content (AvgIpc) is 2.95. The van der Waals surface area contributed by atoms with Crippen LogP contribution in [0.5, 0.6) is 0 Å². The summed E-state index contributed by atoms with van der Waals surface area (Å²) in [6, 6.07) is 8.19. The highest BCUT2D eigenvalue weighted by molar-refractivity contribution is 5.91. The lowest BCUT2D eigenvalue weighted by molar-refractivity contribution is -0.124. The molecule has 0 aliphatic carbocycles. The summed E-state index contributed by atoms with van der Waals surface area (Å²) in [7, 11) is 0. The van der Waals surface area contributed by atoms with Gasteiger partial charge in [-0.25, -0.2) is 9.59 Å². The summed E-state index contributed by atoms with van der Waals surface area (Å²) in [5, 5.41) is 25.8. The maximum Gasteiger partial charge on any atom is 0.441 e. The van der Waals surface area contributed by atoms with E-state index >= 15 is 0 Å². The smallest absolute Gasteiger partial charge is 0.441 e. The average molecular weight is 456 g/mol. The Labute approximate surface area is 191 Å². The van der Waals surface area contributed by atoms with Crippen LogP contribution in [0, 0.1) is 16.7 Å². The number of anilines is 1. The number of fused-ring (bicyclic) bond motifs is 1. The van der Waals surface area contributed by atoms with Crippen molar-refractivity contribution >= 4 is 28.8 Å². The first kappa shape index (κ1) is 24.0. The lowest BCUT2D eigenvalue weighted by Crippen LogP contribution is -2.58. The number of nitriles is 1. The third-order valence-corrected chi connectivity index (χ3v) is 5.58. The van der Waals surface area contributed by atoms with E-state index in [0.717, 1.165) is 0 Å². The van der Waals surface area contributed by atoms with Gasteiger partial charge in [-0.1, -0.05) is 32.9 Å². The number of para-hydroxylation sites is 1. The second-order valence-corrected chi connectivity index (χ2v) is 9.63. The van der Waals surface area contributed by atoms with Gasteiger partial charge in [-0.3, -0.25) is 4.79 Å². The molecule has 2 atom stereocenters. The van der Waals surface area contributed by atoms with Crippen molar-refractivity contribution in [1.29, 1.82) is 5.26 Å². The second-order valence-electron chi connectivity index (χ2n) is 9.63. The monoisotopic (exact) mass is 455 g/mol. The van der Waals surface area contributed by atoms with E-state index in [-0.39, 0.29) is 17.8 Å². The minimum atomic E-state index is -1.34.